The summed E-state index contributed by atoms with van der Waals surface area (Å²) < 4.78 is 10.5. The second-order valence-electron chi connectivity index (χ2n) is 3.80. The van der Waals surface area contributed by atoms with Gasteiger partial charge in [-0.05, 0) is 30.5 Å². The van der Waals surface area contributed by atoms with Crippen LogP contribution in [0.2, 0.25) is 0 Å². The van der Waals surface area contributed by atoms with E-state index in [4.69, 9.17) is 20.3 Å². The van der Waals surface area contributed by atoms with E-state index < -0.39 is 0 Å². The topological polar surface area (TPSA) is 64.7 Å². The van der Waals surface area contributed by atoms with Gasteiger partial charge in [-0.1, -0.05) is 6.07 Å². The summed E-state index contributed by atoms with van der Waals surface area (Å²) in [4.78, 5) is 0. The van der Waals surface area contributed by atoms with E-state index in [1.54, 1.807) is 14.2 Å². The highest BCUT2D eigenvalue weighted by molar-refractivity contribution is 5.49. The van der Waals surface area contributed by atoms with Gasteiger partial charge in [0.15, 0.2) is 11.5 Å². The van der Waals surface area contributed by atoms with Crippen LogP contribution < -0.4 is 15.2 Å². The lowest BCUT2D eigenvalue weighted by atomic mass is 10.0. The molecule has 16 heavy (non-hydrogen) atoms. The van der Waals surface area contributed by atoms with E-state index in [0.29, 0.717) is 12.2 Å². The molecule has 0 aromatic heterocycles. The molecule has 0 bridgehead atoms. The highest BCUT2D eigenvalue weighted by Crippen LogP contribution is 2.32. The van der Waals surface area contributed by atoms with Crippen LogP contribution in [0.3, 0.4) is 0 Å². The first-order valence-electron chi connectivity index (χ1n) is 5.20. The van der Waals surface area contributed by atoms with Crippen LogP contribution in [0.15, 0.2) is 12.1 Å². The van der Waals surface area contributed by atoms with Crippen molar-refractivity contribution in [1.82, 2.24) is 0 Å². The molecule has 0 fully saturated rings. The van der Waals surface area contributed by atoms with Crippen molar-refractivity contribution >= 4 is 0 Å². The first kappa shape index (κ1) is 12.8. The van der Waals surface area contributed by atoms with E-state index in [0.717, 1.165) is 16.9 Å². The third-order valence-electron chi connectivity index (χ3n) is 2.46. The molecule has 1 atom stereocenters. The van der Waals surface area contributed by atoms with Crippen molar-refractivity contribution < 1.29 is 14.6 Å². The van der Waals surface area contributed by atoms with Crippen molar-refractivity contribution in [1.29, 1.82) is 0 Å². The van der Waals surface area contributed by atoms with E-state index in [2.05, 4.69) is 0 Å². The molecule has 1 aromatic rings. The van der Waals surface area contributed by atoms with Gasteiger partial charge in [0, 0.05) is 6.04 Å². The molecule has 3 N–H and O–H groups in total. The van der Waals surface area contributed by atoms with Crippen molar-refractivity contribution in [3.05, 3.63) is 23.3 Å². The maximum atomic E-state index is 8.91. The SMILES string of the molecule is COc1cc(C[C@H](N)CO)cc(C)c1OC. The molecule has 0 amide bonds. The summed E-state index contributed by atoms with van der Waals surface area (Å²) in [5, 5.41) is 8.91. The van der Waals surface area contributed by atoms with Gasteiger partial charge < -0.3 is 20.3 Å². The fourth-order valence-corrected chi connectivity index (χ4v) is 1.71. The van der Waals surface area contributed by atoms with Crippen LogP contribution >= 0.6 is 0 Å². The van der Waals surface area contributed by atoms with Crippen LogP contribution in [0.1, 0.15) is 11.1 Å². The number of hydrogen-bond acceptors (Lipinski definition) is 4. The molecular formula is C12H19NO3. The Morgan fingerprint density at radius 1 is 1.31 bits per heavy atom. The van der Waals surface area contributed by atoms with Crippen molar-refractivity contribution in [2.24, 2.45) is 5.73 Å². The summed E-state index contributed by atoms with van der Waals surface area (Å²) in [5.74, 6) is 1.44. The summed E-state index contributed by atoms with van der Waals surface area (Å²) >= 11 is 0. The van der Waals surface area contributed by atoms with E-state index in [1.165, 1.54) is 0 Å². The maximum absolute atomic E-state index is 8.91. The molecule has 0 aliphatic heterocycles. The van der Waals surface area contributed by atoms with Gasteiger partial charge in [0.2, 0.25) is 0 Å². The zero-order valence-corrected chi connectivity index (χ0v) is 9.99. The van der Waals surface area contributed by atoms with Gasteiger partial charge in [-0.15, -0.1) is 0 Å². The lowest BCUT2D eigenvalue weighted by Gasteiger charge is -2.14. The molecule has 4 heteroatoms. The molecule has 0 radical (unpaired) electrons. The average Bonchev–Trinajstić information content (AvgIpc) is 2.28. The first-order valence-corrected chi connectivity index (χ1v) is 5.20. The van der Waals surface area contributed by atoms with E-state index in [1.807, 2.05) is 19.1 Å². The quantitative estimate of drug-likeness (QED) is 0.780. The largest absolute Gasteiger partial charge is 0.493 e. The third kappa shape index (κ3) is 2.87. The fraction of sp³-hybridized carbons (Fsp3) is 0.500. The van der Waals surface area contributed by atoms with Gasteiger partial charge in [-0.2, -0.15) is 0 Å². The molecule has 4 nitrogen and oxygen atoms in total. The van der Waals surface area contributed by atoms with E-state index >= 15 is 0 Å². The van der Waals surface area contributed by atoms with Crippen molar-refractivity contribution in [2.45, 2.75) is 19.4 Å². The number of benzene rings is 1. The molecule has 90 valence electrons. The average molecular weight is 225 g/mol. The van der Waals surface area contributed by atoms with Crippen molar-refractivity contribution in [3.8, 4) is 11.5 Å². The van der Waals surface area contributed by atoms with Gasteiger partial charge in [-0.3, -0.25) is 0 Å². The van der Waals surface area contributed by atoms with Gasteiger partial charge in [0.1, 0.15) is 0 Å². The summed E-state index contributed by atoms with van der Waals surface area (Å²) in [6.07, 6.45) is 0.623. The van der Waals surface area contributed by atoms with Crippen molar-refractivity contribution in [2.75, 3.05) is 20.8 Å². The van der Waals surface area contributed by atoms with Crippen LogP contribution in [0.5, 0.6) is 11.5 Å². The third-order valence-corrected chi connectivity index (χ3v) is 2.46. The number of aryl methyl sites for hydroxylation is 1. The minimum atomic E-state index is -0.238. The number of aliphatic hydroxyl groups excluding tert-OH is 1. The molecule has 0 aliphatic carbocycles. The minimum absolute atomic E-state index is 0.0204. The number of nitrogens with two attached hydrogens (primary N) is 1. The maximum Gasteiger partial charge on any atom is 0.163 e. The predicted molar refractivity (Wildman–Crippen MR) is 63.0 cm³/mol. The molecule has 0 aliphatic rings. The Morgan fingerprint density at radius 3 is 2.50 bits per heavy atom. The molecular weight excluding hydrogens is 206 g/mol. The molecule has 1 aromatic carbocycles. The molecule has 0 saturated carbocycles. The van der Waals surface area contributed by atoms with Crippen LogP contribution in [0, 0.1) is 6.92 Å². The highest BCUT2D eigenvalue weighted by atomic mass is 16.5. The Morgan fingerprint density at radius 2 is 2.00 bits per heavy atom. The number of aliphatic hydroxyl groups is 1. The zero-order chi connectivity index (χ0) is 12.1. The Labute approximate surface area is 96.0 Å². The lowest BCUT2D eigenvalue weighted by Crippen LogP contribution is -2.26. The van der Waals surface area contributed by atoms with Crippen LogP contribution in [-0.4, -0.2) is 32.0 Å². The molecule has 0 saturated heterocycles. The summed E-state index contributed by atoms with van der Waals surface area (Å²) in [7, 11) is 3.22. The van der Waals surface area contributed by atoms with Gasteiger partial charge >= 0.3 is 0 Å². The minimum Gasteiger partial charge on any atom is -0.493 e. The Hall–Kier alpha value is -1.26. The number of rotatable bonds is 5. The van der Waals surface area contributed by atoms with Gasteiger partial charge in [0.05, 0.1) is 20.8 Å². The Kier molecular flexibility index (Phi) is 4.58. The fourth-order valence-electron chi connectivity index (χ4n) is 1.71. The smallest absolute Gasteiger partial charge is 0.163 e. The first-order chi connectivity index (χ1) is 7.62. The Balaban J connectivity index is 3.00. The summed E-state index contributed by atoms with van der Waals surface area (Å²) in [6, 6.07) is 3.65. The van der Waals surface area contributed by atoms with Crippen LogP contribution in [0.4, 0.5) is 0 Å². The van der Waals surface area contributed by atoms with Crippen LogP contribution in [-0.2, 0) is 6.42 Å². The normalized spacial score (nSPS) is 12.3. The monoisotopic (exact) mass is 225 g/mol. The predicted octanol–water partition coefficient (Wildman–Crippen LogP) is 0.874. The van der Waals surface area contributed by atoms with Gasteiger partial charge in [-0.25, -0.2) is 0 Å². The second kappa shape index (κ2) is 5.72. The van der Waals surface area contributed by atoms with E-state index in [-0.39, 0.29) is 12.6 Å². The Bertz CT molecular complexity index is 352. The summed E-state index contributed by atoms with van der Waals surface area (Å²) in [5.41, 5.74) is 7.74. The standard InChI is InChI=1S/C12H19NO3/c1-8-4-9(5-10(13)7-14)6-11(15-2)12(8)16-3/h4,6,10,14H,5,7,13H2,1-3H3/t10-/m0/s1. The highest BCUT2D eigenvalue weighted by Gasteiger charge is 2.11. The molecule has 0 unspecified atom stereocenters. The zero-order valence-electron chi connectivity index (χ0n) is 9.99. The number of methoxy groups -OCH3 is 2. The number of hydrogen-bond donors (Lipinski definition) is 2. The molecule has 1 rings (SSSR count). The van der Waals surface area contributed by atoms with Crippen molar-refractivity contribution in [3.63, 3.8) is 0 Å². The lowest BCUT2D eigenvalue weighted by molar-refractivity contribution is 0.265. The second-order valence-corrected chi connectivity index (χ2v) is 3.80. The molecule has 0 heterocycles. The van der Waals surface area contributed by atoms with Gasteiger partial charge in [0.25, 0.3) is 0 Å². The number of ether oxygens (including phenoxy) is 2. The summed E-state index contributed by atoms with van der Waals surface area (Å²) in [6.45, 7) is 1.93. The van der Waals surface area contributed by atoms with E-state index in [9.17, 15) is 0 Å². The molecule has 0 spiro atoms. The van der Waals surface area contributed by atoms with Crippen LogP contribution in [0.25, 0.3) is 0 Å².